The van der Waals surface area contributed by atoms with Gasteiger partial charge in [-0.1, -0.05) is 38.1 Å². The van der Waals surface area contributed by atoms with Gasteiger partial charge >= 0.3 is 0 Å². The monoisotopic (exact) mass is 507 g/mol. The second-order valence-corrected chi connectivity index (χ2v) is 9.84. The van der Waals surface area contributed by atoms with Gasteiger partial charge in [0.15, 0.2) is 11.5 Å². The Morgan fingerprint density at radius 1 is 1.03 bits per heavy atom. The van der Waals surface area contributed by atoms with Crippen molar-refractivity contribution >= 4 is 28.8 Å². The molecule has 0 bridgehead atoms. The van der Waals surface area contributed by atoms with Crippen molar-refractivity contribution in [2.45, 2.75) is 26.4 Å². The first-order valence-electron chi connectivity index (χ1n) is 11.6. The molecule has 1 N–H and O–H groups in total. The molecule has 1 aromatic heterocycles. The van der Waals surface area contributed by atoms with Gasteiger partial charge in [-0.2, -0.15) is 0 Å². The number of rotatable bonds is 9. The maximum absolute atomic E-state index is 13.3. The first-order valence-corrected chi connectivity index (χ1v) is 12.5. The molecule has 0 radical (unpaired) electrons. The summed E-state index contributed by atoms with van der Waals surface area (Å²) in [5, 5.41) is 13.2. The van der Waals surface area contributed by atoms with Crippen LogP contribution in [0.3, 0.4) is 0 Å². The number of carbonyl (C=O) groups excluding carboxylic acids is 2. The number of Topliss-reactive ketones (excluding diaryl/α,β-unsaturated/α-hetero) is 1. The highest BCUT2D eigenvalue weighted by atomic mass is 32.1. The molecule has 3 aromatic rings. The molecule has 1 amide bonds. The van der Waals surface area contributed by atoms with Crippen LogP contribution in [-0.2, 0) is 16.1 Å². The topological polar surface area (TPSA) is 85.3 Å². The zero-order valence-electron chi connectivity index (χ0n) is 20.7. The van der Waals surface area contributed by atoms with Crippen LogP contribution < -0.4 is 14.2 Å². The molecule has 1 saturated heterocycles. The minimum absolute atomic E-state index is 0.0592. The number of likely N-dealkylation sites (tertiary alicyclic amines) is 1. The molecule has 0 aliphatic carbocycles. The first kappa shape index (κ1) is 25.3. The number of amides is 1. The smallest absolute Gasteiger partial charge is 0.295 e. The number of methoxy groups -OCH3 is 2. The van der Waals surface area contributed by atoms with Crippen LogP contribution in [0.2, 0.25) is 0 Å². The van der Waals surface area contributed by atoms with Gasteiger partial charge in [0.05, 0.1) is 32.4 Å². The molecule has 188 valence electrons. The summed E-state index contributed by atoms with van der Waals surface area (Å²) in [7, 11) is 3.09. The van der Waals surface area contributed by atoms with Crippen molar-refractivity contribution in [1.29, 1.82) is 0 Å². The maximum atomic E-state index is 13.3. The molecular weight excluding hydrogens is 478 g/mol. The van der Waals surface area contributed by atoms with Gasteiger partial charge in [0, 0.05) is 17.0 Å². The van der Waals surface area contributed by atoms with Crippen molar-refractivity contribution in [3.63, 3.8) is 0 Å². The predicted molar refractivity (Wildman–Crippen MR) is 138 cm³/mol. The number of thiophene rings is 1. The van der Waals surface area contributed by atoms with E-state index < -0.39 is 17.7 Å². The van der Waals surface area contributed by atoms with Gasteiger partial charge in [-0.05, 0) is 47.2 Å². The summed E-state index contributed by atoms with van der Waals surface area (Å²) in [4.78, 5) is 28.8. The van der Waals surface area contributed by atoms with Gasteiger partial charge < -0.3 is 24.2 Å². The summed E-state index contributed by atoms with van der Waals surface area (Å²) in [6.45, 7) is 4.77. The molecule has 1 fully saturated rings. The van der Waals surface area contributed by atoms with Gasteiger partial charge in [0.25, 0.3) is 11.7 Å². The summed E-state index contributed by atoms with van der Waals surface area (Å²) in [6, 6.07) is 15.3. The van der Waals surface area contributed by atoms with Crippen LogP contribution in [0.15, 0.2) is 65.6 Å². The Labute approximate surface area is 214 Å². The van der Waals surface area contributed by atoms with Gasteiger partial charge in [-0.15, -0.1) is 11.3 Å². The van der Waals surface area contributed by atoms with Crippen molar-refractivity contribution in [1.82, 2.24) is 4.90 Å². The molecule has 8 heteroatoms. The number of aliphatic hydroxyl groups excluding tert-OH is 1. The van der Waals surface area contributed by atoms with Crippen LogP contribution in [-0.4, -0.2) is 42.5 Å². The average Bonchev–Trinajstić information content (AvgIpc) is 3.50. The highest BCUT2D eigenvalue weighted by Gasteiger charge is 2.46. The zero-order chi connectivity index (χ0) is 25.8. The second kappa shape index (κ2) is 10.9. The molecule has 2 heterocycles. The van der Waals surface area contributed by atoms with Crippen LogP contribution >= 0.6 is 11.3 Å². The minimum atomic E-state index is -0.724. The lowest BCUT2D eigenvalue weighted by Crippen LogP contribution is -2.28. The SMILES string of the molecule is COc1ccc(CN2C(=O)C(=O)/C(=C(\O)c3cccc(OCC(C)C)c3)C2c2cccs2)cc1OC. The van der Waals surface area contributed by atoms with E-state index in [0.29, 0.717) is 35.3 Å². The number of aliphatic hydroxyl groups is 1. The highest BCUT2D eigenvalue weighted by Crippen LogP contribution is 2.42. The van der Waals surface area contributed by atoms with E-state index in [0.717, 1.165) is 10.4 Å². The lowest BCUT2D eigenvalue weighted by Gasteiger charge is -2.24. The van der Waals surface area contributed by atoms with E-state index in [1.807, 2.05) is 37.4 Å². The van der Waals surface area contributed by atoms with E-state index in [-0.39, 0.29) is 17.9 Å². The Bertz CT molecular complexity index is 1280. The summed E-state index contributed by atoms with van der Waals surface area (Å²) < 4.78 is 16.5. The molecule has 36 heavy (non-hydrogen) atoms. The molecule has 2 aromatic carbocycles. The summed E-state index contributed by atoms with van der Waals surface area (Å²) >= 11 is 1.42. The van der Waals surface area contributed by atoms with Crippen LogP contribution in [0.4, 0.5) is 0 Å². The van der Waals surface area contributed by atoms with Crippen LogP contribution in [0, 0.1) is 5.92 Å². The second-order valence-electron chi connectivity index (χ2n) is 8.86. The van der Waals surface area contributed by atoms with E-state index in [2.05, 4.69) is 0 Å². The summed E-state index contributed by atoms with van der Waals surface area (Å²) in [5.41, 5.74) is 1.24. The first-order chi connectivity index (χ1) is 17.3. The Balaban J connectivity index is 1.75. The molecule has 4 rings (SSSR count). The molecule has 7 nitrogen and oxygen atoms in total. The molecule has 1 aliphatic rings. The predicted octanol–water partition coefficient (Wildman–Crippen LogP) is 5.42. The van der Waals surface area contributed by atoms with Gasteiger partial charge in [0.2, 0.25) is 0 Å². The van der Waals surface area contributed by atoms with E-state index in [9.17, 15) is 14.7 Å². The Hall–Kier alpha value is -3.78. The van der Waals surface area contributed by atoms with E-state index >= 15 is 0 Å². The quantitative estimate of drug-likeness (QED) is 0.236. The third kappa shape index (κ3) is 5.09. The lowest BCUT2D eigenvalue weighted by atomic mass is 9.99. The van der Waals surface area contributed by atoms with Crippen LogP contribution in [0.25, 0.3) is 5.76 Å². The molecule has 1 unspecified atom stereocenters. The molecule has 0 saturated carbocycles. The third-order valence-electron chi connectivity index (χ3n) is 5.84. The molecule has 1 atom stereocenters. The fraction of sp³-hybridized carbons (Fsp3) is 0.286. The molecule has 1 aliphatic heterocycles. The zero-order valence-corrected chi connectivity index (χ0v) is 21.5. The Morgan fingerprint density at radius 2 is 1.81 bits per heavy atom. The van der Waals surface area contributed by atoms with Crippen molar-refractivity contribution in [3.05, 3.63) is 81.6 Å². The van der Waals surface area contributed by atoms with Crippen molar-refractivity contribution in [2.75, 3.05) is 20.8 Å². The number of benzene rings is 2. The number of hydrogen-bond donors (Lipinski definition) is 1. The Kier molecular flexibility index (Phi) is 7.64. The summed E-state index contributed by atoms with van der Waals surface area (Å²) in [5.74, 6) is 0.395. The number of ketones is 1. The minimum Gasteiger partial charge on any atom is -0.507 e. The van der Waals surface area contributed by atoms with Crippen molar-refractivity contribution in [2.24, 2.45) is 5.92 Å². The van der Waals surface area contributed by atoms with Crippen molar-refractivity contribution < 1.29 is 28.9 Å². The van der Waals surface area contributed by atoms with Crippen LogP contribution in [0.5, 0.6) is 17.2 Å². The molecule has 0 spiro atoms. The highest BCUT2D eigenvalue weighted by molar-refractivity contribution is 7.10. The fourth-order valence-electron chi connectivity index (χ4n) is 4.11. The number of nitrogens with zero attached hydrogens (tertiary/aromatic N) is 1. The average molecular weight is 508 g/mol. The van der Waals surface area contributed by atoms with Gasteiger partial charge in [-0.3, -0.25) is 9.59 Å². The number of ether oxygens (including phenoxy) is 3. The largest absolute Gasteiger partial charge is 0.507 e. The van der Waals surface area contributed by atoms with Gasteiger partial charge in [-0.25, -0.2) is 0 Å². The normalized spacial score (nSPS) is 17.0. The van der Waals surface area contributed by atoms with Crippen LogP contribution in [0.1, 0.15) is 35.9 Å². The fourth-order valence-corrected chi connectivity index (χ4v) is 4.96. The van der Waals surface area contributed by atoms with Crippen molar-refractivity contribution in [3.8, 4) is 17.2 Å². The van der Waals surface area contributed by atoms with E-state index in [1.54, 1.807) is 50.6 Å². The number of hydrogen-bond acceptors (Lipinski definition) is 7. The Morgan fingerprint density at radius 3 is 2.47 bits per heavy atom. The third-order valence-corrected chi connectivity index (χ3v) is 6.77. The molecular formula is C28H29NO6S. The lowest BCUT2D eigenvalue weighted by molar-refractivity contribution is -0.140. The standard InChI is InChI=1S/C28H29NO6S/c1-17(2)16-35-20-8-5-7-19(14-20)26(30)24-25(23-9-6-12-36-23)29(28(32)27(24)31)15-18-10-11-21(33-3)22(13-18)34-4/h5-14,17,25,30H,15-16H2,1-4H3/b26-24-. The van der Waals surface area contributed by atoms with Gasteiger partial charge in [0.1, 0.15) is 11.5 Å². The number of carbonyl (C=O) groups is 2. The van der Waals surface area contributed by atoms with E-state index in [4.69, 9.17) is 14.2 Å². The summed E-state index contributed by atoms with van der Waals surface area (Å²) in [6.07, 6.45) is 0. The maximum Gasteiger partial charge on any atom is 0.295 e. The van der Waals surface area contributed by atoms with E-state index in [1.165, 1.54) is 16.2 Å².